The van der Waals surface area contributed by atoms with E-state index in [0.29, 0.717) is 5.02 Å². The Morgan fingerprint density at radius 2 is 2.08 bits per heavy atom. The molecule has 134 valence electrons. The van der Waals surface area contributed by atoms with Gasteiger partial charge in [-0.1, -0.05) is 23.7 Å². The summed E-state index contributed by atoms with van der Waals surface area (Å²) in [6.45, 7) is 1.51. The molecule has 0 saturated carbocycles. The molecule has 1 amide bonds. The van der Waals surface area contributed by atoms with Crippen LogP contribution in [0.3, 0.4) is 0 Å². The number of nitrogens with zero attached hydrogens (tertiary/aromatic N) is 3. The number of fused-ring (bicyclic) bond motifs is 1. The van der Waals surface area contributed by atoms with Crippen molar-refractivity contribution >= 4 is 45.0 Å². The van der Waals surface area contributed by atoms with Crippen LogP contribution in [0.4, 0.5) is 0 Å². The zero-order valence-corrected chi connectivity index (χ0v) is 15.8. The lowest BCUT2D eigenvalue weighted by molar-refractivity contribution is -0.135. The van der Waals surface area contributed by atoms with E-state index in [1.807, 2.05) is 31.2 Å². The maximum atomic E-state index is 12.4. The van der Waals surface area contributed by atoms with Crippen LogP contribution in [-0.2, 0) is 9.53 Å². The molecule has 3 rings (SSSR count). The highest BCUT2D eigenvalue weighted by Gasteiger charge is 2.22. The van der Waals surface area contributed by atoms with Crippen molar-refractivity contribution in [1.29, 1.82) is 0 Å². The first-order valence-electron chi connectivity index (χ1n) is 7.85. The molecule has 0 N–H and O–H groups in total. The van der Waals surface area contributed by atoms with E-state index in [0.717, 1.165) is 15.2 Å². The number of carbonyl (C=O) groups is 2. The van der Waals surface area contributed by atoms with Crippen LogP contribution in [0.15, 0.2) is 42.6 Å². The minimum Gasteiger partial charge on any atom is -0.451 e. The molecule has 0 aliphatic carbocycles. The number of esters is 1. The Hall–Kier alpha value is -2.51. The van der Waals surface area contributed by atoms with E-state index in [4.69, 9.17) is 16.3 Å². The van der Waals surface area contributed by atoms with Gasteiger partial charge in [0.1, 0.15) is 10.7 Å². The molecular formula is C18H16ClN3O3S. The summed E-state index contributed by atoms with van der Waals surface area (Å²) in [5.41, 5.74) is 0.964. The molecule has 1 aromatic carbocycles. The first-order valence-corrected chi connectivity index (χ1v) is 9.05. The molecular weight excluding hydrogens is 374 g/mol. The van der Waals surface area contributed by atoms with Crippen LogP contribution in [0.2, 0.25) is 5.02 Å². The van der Waals surface area contributed by atoms with E-state index in [2.05, 4.69) is 9.97 Å². The van der Waals surface area contributed by atoms with Crippen molar-refractivity contribution < 1.29 is 14.3 Å². The molecule has 0 bridgehead atoms. The number of rotatable bonds is 5. The second-order valence-corrected chi connectivity index (χ2v) is 7.13. The summed E-state index contributed by atoms with van der Waals surface area (Å²) < 4.78 is 6.11. The fourth-order valence-electron chi connectivity index (χ4n) is 2.27. The van der Waals surface area contributed by atoms with Crippen molar-refractivity contribution in [2.75, 3.05) is 13.7 Å². The molecule has 2 aromatic heterocycles. The van der Waals surface area contributed by atoms with Gasteiger partial charge in [0.25, 0.3) is 5.91 Å². The first kappa shape index (κ1) is 18.3. The van der Waals surface area contributed by atoms with E-state index >= 15 is 0 Å². The maximum Gasteiger partial charge on any atom is 0.357 e. The van der Waals surface area contributed by atoms with Crippen LogP contribution < -0.4 is 0 Å². The van der Waals surface area contributed by atoms with Crippen LogP contribution >= 0.6 is 22.9 Å². The predicted molar refractivity (Wildman–Crippen MR) is 100 cm³/mol. The fraction of sp³-hybridized carbons (Fsp3) is 0.222. The third kappa shape index (κ3) is 4.00. The zero-order valence-electron chi connectivity index (χ0n) is 14.2. The summed E-state index contributed by atoms with van der Waals surface area (Å²) in [6, 6.07) is 10.5. The summed E-state index contributed by atoms with van der Waals surface area (Å²) in [5.74, 6) is -1.02. The second kappa shape index (κ2) is 7.80. The van der Waals surface area contributed by atoms with E-state index in [1.165, 1.54) is 28.5 Å². The second-order valence-electron chi connectivity index (χ2n) is 5.64. The van der Waals surface area contributed by atoms with Crippen molar-refractivity contribution in [3.63, 3.8) is 0 Å². The Kier molecular flexibility index (Phi) is 5.49. The van der Waals surface area contributed by atoms with Crippen molar-refractivity contribution in [2.45, 2.75) is 13.0 Å². The predicted octanol–water partition coefficient (Wildman–Crippen LogP) is 3.72. The van der Waals surface area contributed by atoms with Crippen LogP contribution in [0.1, 0.15) is 28.5 Å². The number of ether oxygens (including phenoxy) is 1. The van der Waals surface area contributed by atoms with Gasteiger partial charge in [0.2, 0.25) is 0 Å². The Morgan fingerprint density at radius 1 is 1.31 bits per heavy atom. The molecule has 0 aliphatic heterocycles. The van der Waals surface area contributed by atoms with Crippen molar-refractivity contribution in [1.82, 2.24) is 14.9 Å². The number of hydrogen-bond donors (Lipinski definition) is 0. The molecule has 26 heavy (non-hydrogen) atoms. The van der Waals surface area contributed by atoms with Gasteiger partial charge >= 0.3 is 5.97 Å². The summed E-state index contributed by atoms with van der Waals surface area (Å²) in [7, 11) is 1.66. The minimum atomic E-state index is -0.693. The monoisotopic (exact) mass is 389 g/mol. The molecule has 0 unspecified atom stereocenters. The van der Waals surface area contributed by atoms with Gasteiger partial charge < -0.3 is 9.64 Å². The summed E-state index contributed by atoms with van der Waals surface area (Å²) in [6.07, 6.45) is 1.40. The summed E-state index contributed by atoms with van der Waals surface area (Å²) in [5, 5.41) is 1.20. The lowest BCUT2D eigenvalue weighted by atomic mass is 10.3. The third-order valence-electron chi connectivity index (χ3n) is 3.90. The molecule has 0 fully saturated rings. The van der Waals surface area contributed by atoms with Gasteiger partial charge in [-0.25, -0.2) is 14.8 Å². The summed E-state index contributed by atoms with van der Waals surface area (Å²) >= 11 is 7.35. The molecule has 0 saturated heterocycles. The summed E-state index contributed by atoms with van der Waals surface area (Å²) in [4.78, 5) is 34.3. The largest absolute Gasteiger partial charge is 0.451 e. The maximum absolute atomic E-state index is 12.4. The van der Waals surface area contributed by atoms with Gasteiger partial charge in [-0.2, -0.15) is 0 Å². The highest BCUT2D eigenvalue weighted by molar-refractivity contribution is 7.18. The molecule has 3 aromatic rings. The van der Waals surface area contributed by atoms with Crippen LogP contribution in [0.25, 0.3) is 10.2 Å². The lowest BCUT2D eigenvalue weighted by Crippen LogP contribution is -2.33. The molecule has 1 atom stereocenters. The number of hydrogen-bond acceptors (Lipinski definition) is 6. The van der Waals surface area contributed by atoms with E-state index in [-0.39, 0.29) is 24.2 Å². The van der Waals surface area contributed by atoms with Gasteiger partial charge in [-0.05, 0) is 31.2 Å². The van der Waals surface area contributed by atoms with Crippen LogP contribution in [-0.4, -0.2) is 40.4 Å². The third-order valence-corrected chi connectivity index (χ3v) is 5.34. The average Bonchev–Trinajstić information content (AvgIpc) is 3.08. The first-order chi connectivity index (χ1) is 12.5. The lowest BCUT2D eigenvalue weighted by Gasteiger charge is -2.23. The molecule has 0 radical (unpaired) electrons. The smallest absolute Gasteiger partial charge is 0.357 e. The number of likely N-dealkylation sites (N-methyl/N-ethyl adjacent to an activating group) is 1. The van der Waals surface area contributed by atoms with Gasteiger partial charge in [0.05, 0.1) is 16.3 Å². The van der Waals surface area contributed by atoms with Crippen molar-refractivity contribution in [2.24, 2.45) is 0 Å². The topological polar surface area (TPSA) is 72.4 Å². The fourth-order valence-corrected chi connectivity index (χ4v) is 3.49. The quantitative estimate of drug-likeness (QED) is 0.622. The Balaban J connectivity index is 1.62. The highest BCUT2D eigenvalue weighted by Crippen LogP contribution is 2.28. The highest BCUT2D eigenvalue weighted by atomic mass is 35.5. The number of amides is 1. The standard InChI is InChI=1S/C18H16ClN3O3S/c1-11(17-21-13-5-3-4-6-15(13)26-17)22(2)16(23)10-25-18(24)14-9-12(19)7-8-20-14/h3-9,11H,10H2,1-2H3/t11-/m1/s1. The van der Waals surface area contributed by atoms with Crippen molar-refractivity contribution in [3.05, 3.63) is 58.3 Å². The number of para-hydroxylation sites is 1. The van der Waals surface area contributed by atoms with Gasteiger partial charge in [-0.15, -0.1) is 11.3 Å². The van der Waals surface area contributed by atoms with Gasteiger partial charge in [0, 0.05) is 18.3 Å². The number of halogens is 1. The van der Waals surface area contributed by atoms with Crippen molar-refractivity contribution in [3.8, 4) is 0 Å². The molecule has 0 spiro atoms. The van der Waals surface area contributed by atoms with E-state index < -0.39 is 5.97 Å². The molecule has 0 aliphatic rings. The van der Waals surface area contributed by atoms with Gasteiger partial charge in [0.15, 0.2) is 6.61 Å². The Labute approximate surface area is 159 Å². The normalized spacial score (nSPS) is 12.0. The molecule has 8 heteroatoms. The number of pyridine rings is 1. The zero-order chi connectivity index (χ0) is 18.7. The van der Waals surface area contributed by atoms with E-state index in [9.17, 15) is 9.59 Å². The molecule has 2 heterocycles. The van der Waals surface area contributed by atoms with Gasteiger partial charge in [-0.3, -0.25) is 4.79 Å². The average molecular weight is 390 g/mol. The Morgan fingerprint density at radius 3 is 2.81 bits per heavy atom. The Bertz CT molecular complexity index is 927. The number of thiazole rings is 1. The minimum absolute atomic E-state index is 0.0622. The number of aromatic nitrogens is 2. The molecule has 6 nitrogen and oxygen atoms in total. The van der Waals surface area contributed by atoms with E-state index in [1.54, 1.807) is 13.1 Å². The number of benzene rings is 1. The SMILES string of the molecule is C[C@H](c1nc2ccccc2s1)N(C)C(=O)COC(=O)c1cc(Cl)ccn1. The van der Waals surface area contributed by atoms with Crippen LogP contribution in [0, 0.1) is 0 Å². The van der Waals surface area contributed by atoms with Crippen LogP contribution in [0.5, 0.6) is 0 Å². The number of carbonyl (C=O) groups excluding carboxylic acids is 2.